The number of hydrogen-bond donors (Lipinski definition) is 0. The Morgan fingerprint density at radius 2 is 1.70 bits per heavy atom. The number of hydrogen-bond acceptors (Lipinski definition) is 2. The van der Waals surface area contributed by atoms with Gasteiger partial charge in [0, 0.05) is 29.2 Å². The highest BCUT2D eigenvalue weighted by molar-refractivity contribution is 6.65. The van der Waals surface area contributed by atoms with E-state index in [9.17, 15) is 0 Å². The number of rotatable bonds is 1. The summed E-state index contributed by atoms with van der Waals surface area (Å²) in [5.74, 6) is 0. The molecule has 106 valence electrons. The molecule has 1 saturated heterocycles. The molecule has 1 aliphatic rings. The average Bonchev–Trinajstić information content (AvgIpc) is 2.75. The summed E-state index contributed by atoms with van der Waals surface area (Å²) in [6.45, 7) is 8.26. The first-order valence-corrected chi connectivity index (χ1v) is 7.19. The molecule has 1 fully saturated rings. The molecule has 0 aliphatic carbocycles. The molecule has 3 nitrogen and oxygen atoms in total. The van der Waals surface area contributed by atoms with Gasteiger partial charge in [0.15, 0.2) is 0 Å². The van der Waals surface area contributed by atoms with Crippen LogP contribution in [0.4, 0.5) is 0 Å². The molecule has 0 unspecified atom stereocenters. The highest BCUT2D eigenvalue weighted by atomic mass is 35.5. The Kier molecular flexibility index (Phi) is 2.98. The Morgan fingerprint density at radius 1 is 1.10 bits per heavy atom. The van der Waals surface area contributed by atoms with Crippen molar-refractivity contribution in [1.29, 1.82) is 0 Å². The largest absolute Gasteiger partial charge is 0.497 e. The molecule has 1 aliphatic heterocycles. The van der Waals surface area contributed by atoms with E-state index in [1.54, 1.807) is 0 Å². The minimum atomic E-state index is -0.343. The number of nitrogens with zero attached hydrogens (tertiary/aromatic N) is 1. The SMILES string of the molecule is Cn1cc(B2OC(C)(C)C(C)(C)O2)c2ccc(Cl)cc21. The van der Waals surface area contributed by atoms with Gasteiger partial charge in [0.2, 0.25) is 0 Å². The second-order valence-electron chi connectivity index (χ2n) is 6.45. The molecule has 0 amide bonds. The molecule has 20 heavy (non-hydrogen) atoms. The van der Waals surface area contributed by atoms with Crippen LogP contribution in [0.15, 0.2) is 24.4 Å². The number of aryl methyl sites for hydroxylation is 1. The first kappa shape index (κ1) is 14.0. The fourth-order valence-corrected chi connectivity index (χ4v) is 2.71. The standard InChI is InChI=1S/C15H19BClNO2/c1-14(2)15(3,4)20-16(19-14)12-9-18(5)13-8-10(17)6-7-11(12)13/h6-9H,1-5H3. The summed E-state index contributed by atoms with van der Waals surface area (Å²) < 4.78 is 14.3. The zero-order valence-electron chi connectivity index (χ0n) is 12.5. The molecule has 0 spiro atoms. The molecule has 0 N–H and O–H groups in total. The van der Waals surface area contributed by atoms with Gasteiger partial charge in [-0.05, 0) is 45.2 Å². The molecule has 3 rings (SSSR count). The maximum atomic E-state index is 6.13. The van der Waals surface area contributed by atoms with Crippen molar-refractivity contribution in [2.75, 3.05) is 0 Å². The third kappa shape index (κ3) is 1.98. The van der Waals surface area contributed by atoms with Gasteiger partial charge in [-0.3, -0.25) is 0 Å². The molecular weight excluding hydrogens is 272 g/mol. The van der Waals surface area contributed by atoms with Gasteiger partial charge in [0.25, 0.3) is 0 Å². The Morgan fingerprint density at radius 3 is 2.30 bits per heavy atom. The minimum Gasteiger partial charge on any atom is -0.399 e. The molecule has 1 aromatic carbocycles. The van der Waals surface area contributed by atoms with Crippen molar-refractivity contribution in [3.8, 4) is 0 Å². The summed E-state index contributed by atoms with van der Waals surface area (Å²) in [4.78, 5) is 0. The first-order valence-electron chi connectivity index (χ1n) is 6.81. The van der Waals surface area contributed by atoms with Gasteiger partial charge >= 0.3 is 7.12 Å². The van der Waals surface area contributed by atoms with Crippen LogP contribution in [-0.2, 0) is 16.4 Å². The smallest absolute Gasteiger partial charge is 0.399 e. The van der Waals surface area contributed by atoms with Crippen LogP contribution in [0.2, 0.25) is 5.02 Å². The molecule has 0 radical (unpaired) electrons. The lowest BCUT2D eigenvalue weighted by molar-refractivity contribution is 0.00578. The third-order valence-electron chi connectivity index (χ3n) is 4.49. The second kappa shape index (κ2) is 4.26. The lowest BCUT2D eigenvalue weighted by Gasteiger charge is -2.32. The number of benzene rings is 1. The zero-order chi connectivity index (χ0) is 14.7. The molecule has 0 atom stereocenters. The molecule has 0 bridgehead atoms. The van der Waals surface area contributed by atoms with Gasteiger partial charge in [0.05, 0.1) is 11.2 Å². The third-order valence-corrected chi connectivity index (χ3v) is 4.73. The maximum Gasteiger partial charge on any atom is 0.497 e. The molecule has 2 aromatic rings. The van der Waals surface area contributed by atoms with Crippen molar-refractivity contribution >= 4 is 35.1 Å². The maximum absolute atomic E-state index is 6.13. The zero-order valence-corrected chi connectivity index (χ0v) is 13.3. The quantitative estimate of drug-likeness (QED) is 0.754. The molecular formula is C15H19BClNO2. The number of fused-ring (bicyclic) bond motifs is 1. The van der Waals surface area contributed by atoms with E-state index in [0.717, 1.165) is 21.4 Å². The first-order chi connectivity index (χ1) is 9.21. The summed E-state index contributed by atoms with van der Waals surface area (Å²) in [6.07, 6.45) is 2.06. The monoisotopic (exact) mass is 291 g/mol. The van der Waals surface area contributed by atoms with E-state index < -0.39 is 0 Å². The van der Waals surface area contributed by atoms with Gasteiger partial charge in [-0.1, -0.05) is 17.7 Å². The van der Waals surface area contributed by atoms with Crippen LogP contribution in [0, 0.1) is 0 Å². The number of aromatic nitrogens is 1. The number of halogens is 1. The highest BCUT2D eigenvalue weighted by Crippen LogP contribution is 2.37. The summed E-state index contributed by atoms with van der Waals surface area (Å²) in [6, 6.07) is 5.89. The van der Waals surface area contributed by atoms with Crippen LogP contribution < -0.4 is 5.46 Å². The van der Waals surface area contributed by atoms with Crippen molar-refractivity contribution in [3.05, 3.63) is 29.4 Å². The van der Waals surface area contributed by atoms with E-state index in [-0.39, 0.29) is 18.3 Å². The van der Waals surface area contributed by atoms with Crippen LogP contribution in [0.5, 0.6) is 0 Å². The summed E-state index contributed by atoms with van der Waals surface area (Å²) in [5.41, 5.74) is 1.48. The Hall–Kier alpha value is -0.965. The van der Waals surface area contributed by atoms with E-state index in [1.165, 1.54) is 0 Å². The van der Waals surface area contributed by atoms with Crippen LogP contribution in [0.3, 0.4) is 0 Å². The van der Waals surface area contributed by atoms with E-state index in [1.807, 2.05) is 25.2 Å². The van der Waals surface area contributed by atoms with Crippen LogP contribution in [0.25, 0.3) is 10.9 Å². The van der Waals surface area contributed by atoms with Crippen molar-refractivity contribution in [1.82, 2.24) is 4.57 Å². The van der Waals surface area contributed by atoms with Crippen molar-refractivity contribution < 1.29 is 9.31 Å². The van der Waals surface area contributed by atoms with Gasteiger partial charge in [-0.25, -0.2) is 0 Å². The van der Waals surface area contributed by atoms with Crippen molar-refractivity contribution in [2.45, 2.75) is 38.9 Å². The Labute approximate surface area is 125 Å². The topological polar surface area (TPSA) is 23.4 Å². The average molecular weight is 292 g/mol. The predicted octanol–water partition coefficient (Wildman–Crippen LogP) is 3.13. The van der Waals surface area contributed by atoms with Crippen LogP contribution in [-0.4, -0.2) is 22.9 Å². The lowest BCUT2D eigenvalue weighted by atomic mass is 9.79. The predicted molar refractivity (Wildman–Crippen MR) is 83.6 cm³/mol. The minimum absolute atomic E-state index is 0.327. The summed E-state index contributed by atoms with van der Waals surface area (Å²) in [5, 5.41) is 1.86. The van der Waals surface area contributed by atoms with E-state index in [4.69, 9.17) is 20.9 Å². The van der Waals surface area contributed by atoms with E-state index in [2.05, 4.69) is 38.5 Å². The van der Waals surface area contributed by atoms with Crippen LogP contribution >= 0.6 is 11.6 Å². The molecule has 2 heterocycles. The second-order valence-corrected chi connectivity index (χ2v) is 6.88. The normalized spacial score (nSPS) is 20.8. The van der Waals surface area contributed by atoms with Gasteiger partial charge < -0.3 is 13.9 Å². The van der Waals surface area contributed by atoms with Gasteiger partial charge in [-0.15, -0.1) is 0 Å². The van der Waals surface area contributed by atoms with Crippen LogP contribution in [0.1, 0.15) is 27.7 Å². The summed E-state index contributed by atoms with van der Waals surface area (Å²) >= 11 is 6.07. The summed E-state index contributed by atoms with van der Waals surface area (Å²) in [7, 11) is 1.66. The van der Waals surface area contributed by atoms with Gasteiger partial charge in [-0.2, -0.15) is 0 Å². The Balaban J connectivity index is 2.09. The molecule has 0 saturated carbocycles. The highest BCUT2D eigenvalue weighted by Gasteiger charge is 2.52. The molecule has 5 heteroatoms. The van der Waals surface area contributed by atoms with E-state index >= 15 is 0 Å². The lowest BCUT2D eigenvalue weighted by Crippen LogP contribution is -2.41. The fraction of sp³-hybridized carbons (Fsp3) is 0.467. The van der Waals surface area contributed by atoms with Crippen molar-refractivity contribution in [3.63, 3.8) is 0 Å². The molecule has 1 aromatic heterocycles. The van der Waals surface area contributed by atoms with Crippen molar-refractivity contribution in [2.24, 2.45) is 7.05 Å². The van der Waals surface area contributed by atoms with E-state index in [0.29, 0.717) is 0 Å². The Bertz CT molecular complexity index is 662. The van der Waals surface area contributed by atoms with Gasteiger partial charge in [0.1, 0.15) is 0 Å². The fourth-order valence-electron chi connectivity index (χ4n) is 2.55.